The lowest BCUT2D eigenvalue weighted by atomic mass is 9.97. The third-order valence-corrected chi connectivity index (χ3v) is 6.37. The predicted octanol–water partition coefficient (Wildman–Crippen LogP) is 4.77. The van der Waals surface area contributed by atoms with Crippen LogP contribution in [-0.4, -0.2) is 41.9 Å². The van der Waals surface area contributed by atoms with Gasteiger partial charge in [0.25, 0.3) is 5.91 Å². The zero-order chi connectivity index (χ0) is 22.8. The average molecular weight is 437 g/mol. The van der Waals surface area contributed by atoms with E-state index < -0.39 is 11.9 Å². The maximum absolute atomic E-state index is 14.1. The number of nitrogens with zero attached hydrogens (tertiary/aromatic N) is 2. The molecule has 1 amide bonds. The van der Waals surface area contributed by atoms with Gasteiger partial charge >= 0.3 is 0 Å². The van der Waals surface area contributed by atoms with Crippen LogP contribution in [-0.2, 0) is 6.42 Å². The molecule has 0 saturated carbocycles. The van der Waals surface area contributed by atoms with E-state index in [0.717, 1.165) is 38.0 Å². The van der Waals surface area contributed by atoms with E-state index in [-0.39, 0.29) is 17.1 Å². The molecule has 6 heteroatoms. The van der Waals surface area contributed by atoms with Crippen molar-refractivity contribution in [1.82, 2.24) is 9.80 Å². The van der Waals surface area contributed by atoms with Gasteiger partial charge in [-0.3, -0.25) is 9.59 Å². The van der Waals surface area contributed by atoms with Crippen molar-refractivity contribution in [3.8, 4) is 0 Å². The van der Waals surface area contributed by atoms with Crippen molar-refractivity contribution in [3.05, 3.63) is 81.0 Å². The molecule has 0 spiro atoms. The van der Waals surface area contributed by atoms with Gasteiger partial charge in [-0.1, -0.05) is 39.0 Å². The molecule has 0 fully saturated rings. The second kappa shape index (κ2) is 9.25. The third-order valence-electron chi connectivity index (χ3n) is 6.37. The topological polar surface area (TPSA) is 53.8 Å². The highest BCUT2D eigenvalue weighted by atomic mass is 19.1. The average Bonchev–Trinajstić information content (AvgIpc) is 3.08. The van der Waals surface area contributed by atoms with Gasteiger partial charge in [0.1, 0.15) is 11.4 Å². The predicted molar refractivity (Wildman–Crippen MR) is 124 cm³/mol. The largest absolute Gasteiger partial charge is 0.450 e. The van der Waals surface area contributed by atoms with Crippen LogP contribution in [0.2, 0.25) is 0 Å². The van der Waals surface area contributed by atoms with Crippen molar-refractivity contribution in [1.29, 1.82) is 0 Å². The minimum absolute atomic E-state index is 0.0730. The lowest BCUT2D eigenvalue weighted by Gasteiger charge is -2.26. The van der Waals surface area contributed by atoms with Crippen LogP contribution in [0.3, 0.4) is 0 Å². The van der Waals surface area contributed by atoms with Gasteiger partial charge in [-0.2, -0.15) is 0 Å². The van der Waals surface area contributed by atoms with Gasteiger partial charge in [-0.25, -0.2) is 4.39 Å². The zero-order valence-electron chi connectivity index (χ0n) is 18.9. The molecule has 32 heavy (non-hydrogen) atoms. The first-order valence-electron chi connectivity index (χ1n) is 11.4. The Balaban J connectivity index is 1.81. The van der Waals surface area contributed by atoms with Gasteiger partial charge < -0.3 is 14.2 Å². The molecule has 5 nitrogen and oxygen atoms in total. The van der Waals surface area contributed by atoms with Crippen LogP contribution < -0.4 is 5.43 Å². The van der Waals surface area contributed by atoms with Crippen LogP contribution in [0.4, 0.5) is 4.39 Å². The fourth-order valence-corrected chi connectivity index (χ4v) is 4.55. The quantitative estimate of drug-likeness (QED) is 0.510. The molecule has 0 radical (unpaired) electrons. The van der Waals surface area contributed by atoms with E-state index in [9.17, 15) is 14.0 Å². The fraction of sp³-hybridized carbons (Fsp3) is 0.385. The van der Waals surface area contributed by atoms with E-state index >= 15 is 0 Å². The summed E-state index contributed by atoms with van der Waals surface area (Å²) >= 11 is 0. The van der Waals surface area contributed by atoms with Gasteiger partial charge in [-0.05, 0) is 67.9 Å². The van der Waals surface area contributed by atoms with Crippen LogP contribution in [0.5, 0.6) is 0 Å². The Kier molecular flexibility index (Phi) is 6.42. The normalized spacial score (nSPS) is 15.7. The summed E-state index contributed by atoms with van der Waals surface area (Å²) in [5.41, 5.74) is 2.10. The number of hydrogen-bond donors (Lipinski definition) is 0. The number of aryl methyl sites for hydroxylation is 1. The molecule has 2 aromatic carbocycles. The summed E-state index contributed by atoms with van der Waals surface area (Å²) < 4.78 is 20.1. The molecule has 3 aromatic rings. The second-order valence-corrected chi connectivity index (χ2v) is 8.19. The van der Waals surface area contributed by atoms with Gasteiger partial charge in [0.2, 0.25) is 5.76 Å². The summed E-state index contributed by atoms with van der Waals surface area (Å²) in [6.07, 6.45) is 1.54. The van der Waals surface area contributed by atoms with Gasteiger partial charge in [0.15, 0.2) is 5.43 Å². The molecule has 0 N–H and O–H groups in total. The minimum atomic E-state index is -0.657. The van der Waals surface area contributed by atoms with E-state index in [1.165, 1.54) is 12.1 Å². The van der Waals surface area contributed by atoms with Crippen molar-refractivity contribution >= 4 is 16.9 Å². The fourth-order valence-electron chi connectivity index (χ4n) is 4.55. The Hall–Kier alpha value is -2.99. The Morgan fingerprint density at radius 2 is 1.84 bits per heavy atom. The van der Waals surface area contributed by atoms with Crippen LogP contribution in [0, 0.1) is 5.82 Å². The number of halogens is 1. The number of fused-ring (bicyclic) bond motifs is 2. The summed E-state index contributed by atoms with van der Waals surface area (Å²) in [6, 6.07) is 11.0. The van der Waals surface area contributed by atoms with E-state index in [2.05, 4.69) is 18.7 Å². The highest BCUT2D eigenvalue weighted by Gasteiger charge is 2.42. The van der Waals surface area contributed by atoms with Crippen molar-refractivity contribution < 1.29 is 13.6 Å². The van der Waals surface area contributed by atoms with E-state index in [0.29, 0.717) is 28.6 Å². The number of carbonyl (C=O) groups is 1. The van der Waals surface area contributed by atoms with Gasteiger partial charge in [-0.15, -0.1) is 0 Å². The molecule has 1 aliphatic rings. The minimum Gasteiger partial charge on any atom is -0.450 e. The highest BCUT2D eigenvalue weighted by Crippen LogP contribution is 2.38. The molecule has 1 aliphatic heterocycles. The number of carbonyl (C=O) groups excluding carboxylic acids is 1. The molecule has 0 aliphatic carbocycles. The Morgan fingerprint density at radius 1 is 1.06 bits per heavy atom. The molecule has 2 heterocycles. The summed E-state index contributed by atoms with van der Waals surface area (Å²) in [5, 5.41) is 0.460. The van der Waals surface area contributed by atoms with E-state index in [1.807, 2.05) is 19.1 Å². The first kappa shape index (κ1) is 22.2. The SMILES string of the molecule is CCc1ccc2oc3c(c(=O)c2c1)C(c1cccc(F)c1)N(CCCN(CC)CC)C3=O. The van der Waals surface area contributed by atoms with Crippen LogP contribution in [0.15, 0.2) is 51.7 Å². The molecular weight excluding hydrogens is 407 g/mol. The maximum Gasteiger partial charge on any atom is 0.290 e. The zero-order valence-corrected chi connectivity index (χ0v) is 18.9. The summed E-state index contributed by atoms with van der Waals surface area (Å²) in [7, 11) is 0. The lowest BCUT2D eigenvalue weighted by Crippen LogP contribution is -2.33. The monoisotopic (exact) mass is 436 g/mol. The Bertz CT molecular complexity index is 1200. The van der Waals surface area contributed by atoms with Crippen molar-refractivity contribution in [2.75, 3.05) is 26.2 Å². The van der Waals surface area contributed by atoms with Gasteiger partial charge in [0, 0.05) is 6.54 Å². The van der Waals surface area contributed by atoms with Crippen LogP contribution >= 0.6 is 0 Å². The molecule has 4 rings (SSSR count). The molecular formula is C26H29FN2O3. The van der Waals surface area contributed by atoms with Crippen molar-refractivity contribution in [2.24, 2.45) is 0 Å². The van der Waals surface area contributed by atoms with Crippen molar-refractivity contribution in [2.45, 2.75) is 39.7 Å². The number of amides is 1. The lowest BCUT2D eigenvalue weighted by molar-refractivity contribution is 0.0720. The smallest absolute Gasteiger partial charge is 0.290 e. The molecule has 1 atom stereocenters. The third kappa shape index (κ3) is 3.95. The molecule has 1 aromatic heterocycles. The maximum atomic E-state index is 14.1. The highest BCUT2D eigenvalue weighted by molar-refractivity contribution is 5.99. The molecule has 0 bridgehead atoms. The van der Waals surface area contributed by atoms with Crippen LogP contribution in [0.1, 0.15) is 60.5 Å². The summed E-state index contributed by atoms with van der Waals surface area (Å²) in [5.74, 6) is -0.638. The van der Waals surface area contributed by atoms with E-state index in [1.54, 1.807) is 23.1 Å². The second-order valence-electron chi connectivity index (χ2n) is 8.19. The van der Waals surface area contributed by atoms with Gasteiger partial charge in [0.05, 0.1) is 17.0 Å². The summed E-state index contributed by atoms with van der Waals surface area (Å²) in [6.45, 7) is 9.39. The Morgan fingerprint density at radius 3 is 2.53 bits per heavy atom. The first-order chi connectivity index (χ1) is 15.5. The first-order valence-corrected chi connectivity index (χ1v) is 11.4. The number of benzene rings is 2. The van der Waals surface area contributed by atoms with Crippen molar-refractivity contribution in [3.63, 3.8) is 0 Å². The molecule has 168 valence electrons. The number of rotatable bonds is 8. The number of hydrogen-bond acceptors (Lipinski definition) is 4. The summed E-state index contributed by atoms with van der Waals surface area (Å²) in [4.78, 5) is 30.9. The van der Waals surface area contributed by atoms with E-state index in [4.69, 9.17) is 4.42 Å². The van der Waals surface area contributed by atoms with Crippen LogP contribution in [0.25, 0.3) is 11.0 Å². The Labute approximate surface area is 187 Å². The standard InChI is InChI=1S/C26H29FN2O3/c1-4-17-11-12-21-20(15-17)24(30)22-23(18-9-7-10-19(27)16-18)29(26(31)25(22)32-21)14-8-13-28(5-2)6-3/h7,9-12,15-16,23H,4-6,8,13-14H2,1-3H3. The molecule has 0 saturated heterocycles. The molecule has 1 unspecified atom stereocenters.